The van der Waals surface area contributed by atoms with Crippen molar-refractivity contribution in [1.82, 2.24) is 0 Å². The lowest BCUT2D eigenvalue weighted by Gasteiger charge is -2.47. The zero-order chi connectivity index (χ0) is 13.5. The van der Waals surface area contributed by atoms with E-state index in [1.54, 1.807) is 13.2 Å². The maximum atomic E-state index is 13.3. The summed E-state index contributed by atoms with van der Waals surface area (Å²) in [7, 11) is 1.69. The van der Waals surface area contributed by atoms with Gasteiger partial charge in [0.1, 0.15) is 17.2 Å². The van der Waals surface area contributed by atoms with Crippen LogP contribution in [-0.2, 0) is 4.74 Å². The highest BCUT2D eigenvalue weighted by atomic mass is 19.1. The lowest BCUT2D eigenvalue weighted by Crippen LogP contribution is -2.53. The van der Waals surface area contributed by atoms with Gasteiger partial charge in [-0.05, 0) is 37.5 Å². The number of benzene rings is 1. The van der Waals surface area contributed by atoms with Gasteiger partial charge in [-0.3, -0.25) is 0 Å². The molecular formula is C15H19FO3. The summed E-state index contributed by atoms with van der Waals surface area (Å²) in [6, 6.07) is 4.34. The quantitative estimate of drug-likeness (QED) is 0.849. The van der Waals surface area contributed by atoms with E-state index in [2.05, 4.69) is 0 Å². The minimum Gasteiger partial charge on any atom is -0.484 e. The molecule has 2 aliphatic rings. The first-order valence-corrected chi connectivity index (χ1v) is 6.84. The minimum atomic E-state index is -0.685. The lowest BCUT2D eigenvalue weighted by atomic mass is 9.75. The summed E-state index contributed by atoms with van der Waals surface area (Å²) < 4.78 is 25.0. The average molecular weight is 266 g/mol. The van der Waals surface area contributed by atoms with Gasteiger partial charge < -0.3 is 14.6 Å². The van der Waals surface area contributed by atoms with Crippen molar-refractivity contribution in [1.29, 1.82) is 0 Å². The molecule has 1 heterocycles. The smallest absolute Gasteiger partial charge is 0.138 e. The molecule has 0 bridgehead atoms. The zero-order valence-corrected chi connectivity index (χ0v) is 11.1. The molecule has 19 heavy (non-hydrogen) atoms. The third-order valence-electron chi connectivity index (χ3n) is 4.37. The van der Waals surface area contributed by atoms with E-state index in [9.17, 15) is 9.50 Å². The molecule has 1 aliphatic carbocycles. The number of hydrogen-bond acceptors (Lipinski definition) is 3. The molecule has 1 spiro atoms. The van der Waals surface area contributed by atoms with Gasteiger partial charge in [-0.2, -0.15) is 0 Å². The van der Waals surface area contributed by atoms with Crippen LogP contribution in [0.15, 0.2) is 18.2 Å². The summed E-state index contributed by atoms with van der Waals surface area (Å²) in [4.78, 5) is 0. The number of ether oxygens (including phenoxy) is 2. The fourth-order valence-electron chi connectivity index (χ4n) is 3.43. The first-order chi connectivity index (χ1) is 9.14. The molecule has 0 aromatic heterocycles. The summed E-state index contributed by atoms with van der Waals surface area (Å²) in [5.74, 6) is 0.244. The Labute approximate surface area is 112 Å². The van der Waals surface area contributed by atoms with Crippen molar-refractivity contribution < 1.29 is 19.0 Å². The van der Waals surface area contributed by atoms with Gasteiger partial charge in [0.05, 0.1) is 12.2 Å². The van der Waals surface area contributed by atoms with Crippen molar-refractivity contribution in [3.63, 3.8) is 0 Å². The molecule has 1 aliphatic heterocycles. The fraction of sp³-hybridized carbons (Fsp3) is 0.600. The predicted molar refractivity (Wildman–Crippen MR) is 68.6 cm³/mol. The molecule has 3 atom stereocenters. The van der Waals surface area contributed by atoms with Crippen molar-refractivity contribution in [3.8, 4) is 5.75 Å². The van der Waals surface area contributed by atoms with Crippen LogP contribution >= 0.6 is 0 Å². The number of aliphatic hydroxyl groups excluding tert-OH is 1. The molecule has 3 nitrogen and oxygen atoms in total. The summed E-state index contributed by atoms with van der Waals surface area (Å²) in [5.41, 5.74) is 0.0862. The van der Waals surface area contributed by atoms with Gasteiger partial charge >= 0.3 is 0 Å². The Hall–Kier alpha value is -1.13. The van der Waals surface area contributed by atoms with Gasteiger partial charge in [0.25, 0.3) is 0 Å². The number of rotatable bonds is 1. The molecule has 1 N–H and O–H groups in total. The Morgan fingerprint density at radius 1 is 1.42 bits per heavy atom. The predicted octanol–water partition coefficient (Wildman–Crippen LogP) is 2.97. The van der Waals surface area contributed by atoms with E-state index in [-0.39, 0.29) is 11.9 Å². The van der Waals surface area contributed by atoms with Crippen molar-refractivity contribution in [3.05, 3.63) is 29.6 Å². The molecule has 3 rings (SSSR count). The molecule has 1 aromatic rings. The molecule has 1 fully saturated rings. The molecular weight excluding hydrogens is 247 g/mol. The molecule has 0 radical (unpaired) electrons. The van der Waals surface area contributed by atoms with E-state index in [0.29, 0.717) is 17.7 Å². The highest BCUT2D eigenvalue weighted by Crippen LogP contribution is 2.47. The molecule has 0 amide bonds. The van der Waals surface area contributed by atoms with Crippen LogP contribution in [0.4, 0.5) is 4.39 Å². The zero-order valence-electron chi connectivity index (χ0n) is 11.1. The third-order valence-corrected chi connectivity index (χ3v) is 4.37. The Morgan fingerprint density at radius 3 is 3.05 bits per heavy atom. The van der Waals surface area contributed by atoms with Gasteiger partial charge in [-0.15, -0.1) is 0 Å². The van der Waals surface area contributed by atoms with Gasteiger partial charge in [0, 0.05) is 19.1 Å². The summed E-state index contributed by atoms with van der Waals surface area (Å²) in [6.45, 7) is 0. The van der Waals surface area contributed by atoms with Crippen LogP contribution in [0.5, 0.6) is 5.75 Å². The van der Waals surface area contributed by atoms with E-state index < -0.39 is 11.7 Å². The minimum absolute atomic E-state index is 0.00546. The van der Waals surface area contributed by atoms with Crippen molar-refractivity contribution in [2.24, 2.45) is 0 Å². The van der Waals surface area contributed by atoms with Gasteiger partial charge in [-0.1, -0.05) is 6.42 Å². The van der Waals surface area contributed by atoms with E-state index in [1.807, 2.05) is 0 Å². The van der Waals surface area contributed by atoms with Gasteiger partial charge in [0.2, 0.25) is 0 Å². The summed E-state index contributed by atoms with van der Waals surface area (Å²) in [5, 5.41) is 10.3. The molecule has 1 aromatic carbocycles. The van der Waals surface area contributed by atoms with Crippen LogP contribution < -0.4 is 4.74 Å². The normalized spacial score (nSPS) is 33.8. The van der Waals surface area contributed by atoms with Crippen LogP contribution in [0.1, 0.15) is 43.8 Å². The molecule has 104 valence electrons. The van der Waals surface area contributed by atoms with Crippen molar-refractivity contribution in [2.75, 3.05) is 7.11 Å². The lowest BCUT2D eigenvalue weighted by molar-refractivity contribution is -0.130. The van der Waals surface area contributed by atoms with E-state index in [0.717, 1.165) is 25.7 Å². The highest BCUT2D eigenvalue weighted by Gasteiger charge is 2.48. The number of fused-ring (bicyclic) bond motifs is 1. The van der Waals surface area contributed by atoms with Crippen molar-refractivity contribution in [2.45, 2.75) is 49.9 Å². The second kappa shape index (κ2) is 4.76. The van der Waals surface area contributed by atoms with Crippen LogP contribution in [0.25, 0.3) is 0 Å². The van der Waals surface area contributed by atoms with E-state index >= 15 is 0 Å². The van der Waals surface area contributed by atoms with Gasteiger partial charge in [-0.25, -0.2) is 4.39 Å². The van der Waals surface area contributed by atoms with E-state index in [4.69, 9.17) is 9.47 Å². The Kier molecular flexibility index (Phi) is 3.23. The number of aliphatic hydroxyl groups is 1. The van der Waals surface area contributed by atoms with Crippen LogP contribution in [0.2, 0.25) is 0 Å². The Balaban J connectivity index is 1.97. The Morgan fingerprint density at radius 2 is 2.26 bits per heavy atom. The average Bonchev–Trinajstić information content (AvgIpc) is 2.40. The van der Waals surface area contributed by atoms with Crippen LogP contribution in [-0.4, -0.2) is 23.9 Å². The first kappa shape index (κ1) is 12.9. The maximum absolute atomic E-state index is 13.3. The second-order valence-electron chi connectivity index (χ2n) is 5.54. The van der Waals surface area contributed by atoms with Crippen LogP contribution in [0, 0.1) is 5.82 Å². The standard InChI is InChI=1S/C15H19FO3/c1-18-14-4-2-3-7-15(14)9-12(17)11-8-10(16)5-6-13(11)19-15/h5-6,8,12,14,17H,2-4,7,9H2,1H3/t12-,14?,15?/m0/s1. The van der Waals surface area contributed by atoms with Crippen LogP contribution in [0.3, 0.4) is 0 Å². The number of methoxy groups -OCH3 is 1. The summed E-state index contributed by atoms with van der Waals surface area (Å²) in [6.07, 6.45) is 3.80. The Bertz CT molecular complexity index is 476. The third kappa shape index (κ3) is 2.13. The maximum Gasteiger partial charge on any atom is 0.138 e. The molecule has 0 saturated heterocycles. The second-order valence-corrected chi connectivity index (χ2v) is 5.54. The van der Waals surface area contributed by atoms with E-state index in [1.165, 1.54) is 12.1 Å². The highest BCUT2D eigenvalue weighted by molar-refractivity contribution is 5.39. The molecule has 2 unspecified atom stereocenters. The molecule has 1 saturated carbocycles. The topological polar surface area (TPSA) is 38.7 Å². The monoisotopic (exact) mass is 266 g/mol. The first-order valence-electron chi connectivity index (χ1n) is 6.84. The fourth-order valence-corrected chi connectivity index (χ4v) is 3.43. The number of halogens is 1. The van der Waals surface area contributed by atoms with Gasteiger partial charge in [0.15, 0.2) is 0 Å². The largest absolute Gasteiger partial charge is 0.484 e. The molecule has 4 heteroatoms. The number of hydrogen-bond donors (Lipinski definition) is 1. The SMILES string of the molecule is COC1CCCCC12C[C@H](O)c1cc(F)ccc1O2. The summed E-state index contributed by atoms with van der Waals surface area (Å²) >= 11 is 0. The van der Waals surface area contributed by atoms with Crippen molar-refractivity contribution >= 4 is 0 Å².